The molecule has 2 N–H and O–H groups in total. The van der Waals surface area contributed by atoms with Crippen LogP contribution in [0.2, 0.25) is 0 Å². The largest absolute Gasteiger partial charge is 0.396 e. The molecule has 0 bridgehead atoms. The first-order valence-electron chi connectivity index (χ1n) is 11.0. The maximum absolute atomic E-state index is 13.4. The van der Waals surface area contributed by atoms with Crippen LogP contribution in [0.5, 0.6) is 0 Å². The highest BCUT2D eigenvalue weighted by molar-refractivity contribution is 5.97. The number of aliphatic hydroxyl groups excluding tert-OH is 1. The number of fused-ring (bicyclic) bond motifs is 1. The van der Waals surface area contributed by atoms with E-state index in [-0.39, 0.29) is 29.6 Å². The monoisotopic (exact) mass is 462 g/mol. The summed E-state index contributed by atoms with van der Waals surface area (Å²) in [5.41, 5.74) is 1.65. The summed E-state index contributed by atoms with van der Waals surface area (Å²) < 4.78 is 37.3. The molecule has 4 rings (SSSR count). The van der Waals surface area contributed by atoms with Gasteiger partial charge in [-0.25, -0.2) is 0 Å². The van der Waals surface area contributed by atoms with Crippen molar-refractivity contribution in [2.75, 3.05) is 26.9 Å². The van der Waals surface area contributed by atoms with E-state index in [1.807, 2.05) is 0 Å². The van der Waals surface area contributed by atoms with E-state index in [9.17, 15) is 23.5 Å². The smallest absolute Gasteiger partial charge is 0.345 e. The Bertz CT molecular complexity index is 1070. The second-order valence-electron chi connectivity index (χ2n) is 8.69. The minimum absolute atomic E-state index is 0.0915. The number of aryl methyl sites for hydroxylation is 1. The summed E-state index contributed by atoms with van der Waals surface area (Å²) in [5.74, 6) is -0.385. The highest BCUT2D eigenvalue weighted by atomic mass is 19.3. The molecule has 3 unspecified atom stereocenters. The highest BCUT2D eigenvalue weighted by Crippen LogP contribution is 2.44. The van der Waals surface area contributed by atoms with Gasteiger partial charge in [0.15, 0.2) is 0 Å². The molecule has 0 radical (unpaired) electrons. The number of aromatic nitrogens is 1. The molecule has 7 nitrogen and oxygen atoms in total. The standard InChI is InChI=1S/C24H28F2N2O5/c1-13-3-5-17(22(30)27-13)20-21(33-24(25)26)16-6-4-15(11-18(16)23(31)28(20)2)19(12-29)14-7-9-32-10-8-14/h3-6,11,14,19-21,24,29H,7-10,12H2,1-2H3,(H,27,30). The number of aromatic amines is 1. The van der Waals surface area contributed by atoms with Gasteiger partial charge in [-0.05, 0) is 55.0 Å². The average Bonchev–Trinajstić information content (AvgIpc) is 2.79. The number of alkyl halides is 2. The van der Waals surface area contributed by atoms with Crippen LogP contribution in [0.25, 0.3) is 0 Å². The third kappa shape index (κ3) is 4.58. The number of hydrogen-bond donors (Lipinski definition) is 2. The zero-order chi connectivity index (χ0) is 23.7. The molecule has 1 amide bonds. The SMILES string of the molecule is Cc1ccc(C2C(OC(F)F)c3ccc(C(CO)C4CCOCC4)cc3C(=O)N2C)c(=O)[nH]1. The number of nitrogens with zero attached hydrogens (tertiary/aromatic N) is 1. The van der Waals surface area contributed by atoms with Crippen LogP contribution in [0.3, 0.4) is 0 Å². The van der Waals surface area contributed by atoms with Crippen LogP contribution in [0.15, 0.2) is 35.1 Å². The van der Waals surface area contributed by atoms with Crippen molar-refractivity contribution in [3.05, 3.63) is 68.6 Å². The van der Waals surface area contributed by atoms with E-state index in [0.717, 1.165) is 18.4 Å². The van der Waals surface area contributed by atoms with Gasteiger partial charge >= 0.3 is 6.61 Å². The first-order chi connectivity index (χ1) is 15.8. The molecule has 2 aliphatic rings. The molecule has 9 heteroatoms. The van der Waals surface area contributed by atoms with Crippen molar-refractivity contribution in [2.24, 2.45) is 5.92 Å². The van der Waals surface area contributed by atoms with Gasteiger partial charge in [-0.2, -0.15) is 8.78 Å². The first-order valence-corrected chi connectivity index (χ1v) is 11.0. The summed E-state index contributed by atoms with van der Waals surface area (Å²) in [6.45, 7) is -0.244. The molecule has 0 spiro atoms. The maximum Gasteiger partial charge on any atom is 0.345 e. The molecule has 3 atom stereocenters. The van der Waals surface area contributed by atoms with Crippen LogP contribution in [0.4, 0.5) is 8.78 Å². The van der Waals surface area contributed by atoms with Crippen molar-refractivity contribution >= 4 is 5.91 Å². The van der Waals surface area contributed by atoms with Crippen molar-refractivity contribution in [1.29, 1.82) is 0 Å². The van der Waals surface area contributed by atoms with Gasteiger partial charge in [-0.1, -0.05) is 12.1 Å². The number of aliphatic hydroxyl groups is 1. The van der Waals surface area contributed by atoms with Crippen LogP contribution in [-0.2, 0) is 9.47 Å². The molecule has 1 aromatic heterocycles. The van der Waals surface area contributed by atoms with Gasteiger partial charge in [0.05, 0.1) is 12.6 Å². The summed E-state index contributed by atoms with van der Waals surface area (Å²) in [5, 5.41) is 10.1. The van der Waals surface area contributed by atoms with E-state index in [4.69, 9.17) is 9.47 Å². The van der Waals surface area contributed by atoms with Crippen molar-refractivity contribution in [1.82, 2.24) is 9.88 Å². The number of hydrogen-bond acceptors (Lipinski definition) is 5. The highest BCUT2D eigenvalue weighted by Gasteiger charge is 2.42. The Balaban J connectivity index is 1.78. The first kappa shape index (κ1) is 23.5. The molecule has 0 saturated carbocycles. The number of benzene rings is 1. The van der Waals surface area contributed by atoms with Gasteiger partial charge in [0.25, 0.3) is 11.5 Å². The summed E-state index contributed by atoms with van der Waals surface area (Å²) in [6, 6.07) is 7.22. The zero-order valence-corrected chi connectivity index (χ0v) is 18.6. The third-order valence-corrected chi connectivity index (χ3v) is 6.75. The fourth-order valence-corrected chi connectivity index (χ4v) is 5.02. The number of nitrogens with one attached hydrogen (secondary N) is 1. The molecule has 3 heterocycles. The number of ether oxygens (including phenoxy) is 2. The van der Waals surface area contributed by atoms with Gasteiger partial charge in [-0.3, -0.25) is 9.59 Å². The molecule has 1 aromatic carbocycles. The molecule has 2 aromatic rings. The molecular formula is C24H28F2N2O5. The third-order valence-electron chi connectivity index (χ3n) is 6.75. The lowest BCUT2D eigenvalue weighted by Crippen LogP contribution is -2.43. The van der Waals surface area contributed by atoms with Crippen molar-refractivity contribution < 1.29 is 28.2 Å². The van der Waals surface area contributed by atoms with E-state index >= 15 is 0 Å². The van der Waals surface area contributed by atoms with Crippen LogP contribution in [0, 0.1) is 12.8 Å². The van der Waals surface area contributed by atoms with Crippen molar-refractivity contribution in [3.63, 3.8) is 0 Å². The summed E-state index contributed by atoms with van der Waals surface area (Å²) >= 11 is 0. The quantitative estimate of drug-likeness (QED) is 0.688. The van der Waals surface area contributed by atoms with Gasteiger partial charge < -0.3 is 24.5 Å². The fraction of sp³-hybridized carbons (Fsp3) is 0.500. The number of carbonyl (C=O) groups is 1. The van der Waals surface area contributed by atoms with E-state index in [1.165, 1.54) is 18.0 Å². The van der Waals surface area contributed by atoms with Crippen LogP contribution in [0.1, 0.15) is 63.6 Å². The molecule has 1 fully saturated rings. The molecule has 0 aliphatic carbocycles. The van der Waals surface area contributed by atoms with Crippen molar-refractivity contribution in [2.45, 2.75) is 44.4 Å². The summed E-state index contributed by atoms with van der Waals surface area (Å²) in [4.78, 5) is 29.9. The zero-order valence-electron chi connectivity index (χ0n) is 18.6. The summed E-state index contributed by atoms with van der Waals surface area (Å²) in [7, 11) is 1.48. The van der Waals surface area contributed by atoms with Crippen LogP contribution < -0.4 is 5.56 Å². The van der Waals surface area contributed by atoms with Crippen LogP contribution in [-0.4, -0.2) is 54.4 Å². The van der Waals surface area contributed by atoms with Crippen molar-refractivity contribution in [3.8, 4) is 0 Å². The molecule has 2 aliphatic heterocycles. The number of H-pyrrole nitrogens is 1. The number of amides is 1. The number of carbonyl (C=O) groups excluding carboxylic acids is 1. The van der Waals surface area contributed by atoms with Gasteiger partial charge in [-0.15, -0.1) is 0 Å². The maximum atomic E-state index is 13.4. The number of halogens is 2. The average molecular weight is 462 g/mol. The Morgan fingerprint density at radius 3 is 2.52 bits per heavy atom. The second kappa shape index (κ2) is 9.70. The lowest BCUT2D eigenvalue weighted by molar-refractivity contribution is -0.181. The predicted molar refractivity (Wildman–Crippen MR) is 116 cm³/mol. The summed E-state index contributed by atoms with van der Waals surface area (Å²) in [6.07, 6.45) is 0.369. The Labute approximate surface area is 190 Å². The number of pyridine rings is 1. The minimum atomic E-state index is -3.09. The van der Waals surface area contributed by atoms with E-state index in [0.29, 0.717) is 24.5 Å². The van der Waals surface area contributed by atoms with E-state index in [1.54, 1.807) is 31.2 Å². The topological polar surface area (TPSA) is 91.9 Å². The van der Waals surface area contributed by atoms with Gasteiger partial charge in [0, 0.05) is 43.0 Å². The van der Waals surface area contributed by atoms with Gasteiger partial charge in [0.1, 0.15) is 6.10 Å². The van der Waals surface area contributed by atoms with Crippen LogP contribution >= 0.6 is 0 Å². The Kier molecular flexibility index (Phi) is 6.92. The lowest BCUT2D eigenvalue weighted by atomic mass is 9.79. The number of rotatable bonds is 6. The van der Waals surface area contributed by atoms with E-state index in [2.05, 4.69) is 4.98 Å². The van der Waals surface area contributed by atoms with Gasteiger partial charge in [0.2, 0.25) is 0 Å². The lowest BCUT2D eigenvalue weighted by Gasteiger charge is -2.40. The Hall–Kier alpha value is -2.62. The predicted octanol–water partition coefficient (Wildman–Crippen LogP) is 3.29. The normalized spacial score (nSPS) is 22.5. The Morgan fingerprint density at radius 2 is 1.88 bits per heavy atom. The fourth-order valence-electron chi connectivity index (χ4n) is 5.02. The molecule has 33 heavy (non-hydrogen) atoms. The molecule has 1 saturated heterocycles. The minimum Gasteiger partial charge on any atom is -0.396 e. The Morgan fingerprint density at radius 1 is 1.18 bits per heavy atom. The second-order valence-corrected chi connectivity index (χ2v) is 8.69. The van der Waals surface area contributed by atoms with E-state index < -0.39 is 30.2 Å². The number of likely N-dealkylation sites (N-methyl/N-ethyl adjacent to an activating group) is 1. The molecular weight excluding hydrogens is 434 g/mol. The molecule has 178 valence electrons.